The molecule has 0 aliphatic heterocycles. The lowest BCUT2D eigenvalue weighted by Gasteiger charge is -2.15. The van der Waals surface area contributed by atoms with E-state index in [-0.39, 0.29) is 32.1 Å². The molecule has 0 spiro atoms. The summed E-state index contributed by atoms with van der Waals surface area (Å²) in [4.78, 5) is 33.7. The van der Waals surface area contributed by atoms with Gasteiger partial charge >= 0.3 is 13.8 Å². The minimum atomic E-state index is -4.41. The molecule has 0 aromatic heterocycles. The molecule has 1 amide bonds. The van der Waals surface area contributed by atoms with Gasteiger partial charge in [-0.15, -0.1) is 0 Å². The molecule has 0 saturated carbocycles. The Bertz CT molecular complexity index is 835. The van der Waals surface area contributed by atoms with E-state index in [4.69, 9.17) is 13.8 Å². The molecular weight excluding hydrogens is 617 g/mol. The van der Waals surface area contributed by atoms with E-state index < -0.39 is 26.5 Å². The molecule has 2 unspecified atom stereocenters. The number of phosphoric acid groups is 1. The Kier molecular flexibility index (Phi) is 33.3. The number of rotatable bonds is 35. The maximum atomic E-state index is 12.0. The number of allylic oxidation sites excluding steroid dienone is 4. The summed E-state index contributed by atoms with van der Waals surface area (Å²) in [5.74, 6) is -0.530. The third kappa shape index (κ3) is 35.6. The molecule has 0 aliphatic carbocycles. The Labute approximate surface area is 287 Å². The molecule has 276 valence electrons. The molecule has 3 N–H and O–H groups in total. The molecule has 10 heteroatoms. The van der Waals surface area contributed by atoms with Crippen molar-refractivity contribution >= 4 is 19.7 Å². The highest BCUT2D eigenvalue weighted by Gasteiger charge is 2.23. The van der Waals surface area contributed by atoms with Gasteiger partial charge < -0.3 is 20.1 Å². The fourth-order valence-corrected chi connectivity index (χ4v) is 5.74. The van der Waals surface area contributed by atoms with Crippen molar-refractivity contribution in [2.75, 3.05) is 26.4 Å². The van der Waals surface area contributed by atoms with Crippen molar-refractivity contribution in [3.63, 3.8) is 0 Å². The molecule has 47 heavy (non-hydrogen) atoms. The third-order valence-corrected chi connectivity index (χ3v) is 8.87. The highest BCUT2D eigenvalue weighted by molar-refractivity contribution is 7.47. The van der Waals surface area contributed by atoms with Crippen molar-refractivity contribution in [2.24, 2.45) is 0 Å². The van der Waals surface area contributed by atoms with Crippen LogP contribution >= 0.6 is 7.82 Å². The number of carbonyl (C=O) groups is 2. The molecule has 0 heterocycles. The number of aliphatic hydroxyl groups excluding tert-OH is 1. The van der Waals surface area contributed by atoms with E-state index in [1.807, 2.05) is 0 Å². The number of amides is 1. The van der Waals surface area contributed by atoms with Gasteiger partial charge in [-0.2, -0.15) is 0 Å². The standard InChI is InChI=1S/C37H70NO8P/c1-3-5-7-9-11-13-15-17-18-19-21-23-25-27-29-36(40)38-31-32-45-47(42,43)46-34-35(39)33-44-37(41)30-28-26-24-22-20-16-14-12-10-8-6-4-2/h9,11,15,17,35,39H,3-8,10,12-14,16,18-34H2,1-2H3,(H,38,40)(H,42,43)/b11-9-,17-15-. The number of esters is 1. The van der Waals surface area contributed by atoms with Crippen LogP contribution in [0.25, 0.3) is 0 Å². The van der Waals surface area contributed by atoms with E-state index in [2.05, 4.69) is 43.5 Å². The second-order valence-electron chi connectivity index (χ2n) is 12.6. The summed E-state index contributed by atoms with van der Waals surface area (Å²) in [5, 5.41) is 12.6. The Hall–Kier alpha value is -1.51. The zero-order valence-electron chi connectivity index (χ0n) is 30.0. The first kappa shape index (κ1) is 45.5. The topological polar surface area (TPSA) is 131 Å². The van der Waals surface area contributed by atoms with Gasteiger partial charge in [-0.25, -0.2) is 4.57 Å². The molecule has 0 bridgehead atoms. The van der Waals surface area contributed by atoms with Gasteiger partial charge in [0.15, 0.2) is 0 Å². The molecule has 0 aromatic rings. The summed E-state index contributed by atoms with van der Waals surface area (Å²) in [7, 11) is -4.41. The Morgan fingerprint density at radius 1 is 0.660 bits per heavy atom. The lowest BCUT2D eigenvalue weighted by Crippen LogP contribution is -2.27. The van der Waals surface area contributed by atoms with Gasteiger partial charge in [0, 0.05) is 19.4 Å². The zero-order valence-corrected chi connectivity index (χ0v) is 30.9. The van der Waals surface area contributed by atoms with Crippen molar-refractivity contribution in [1.82, 2.24) is 5.32 Å². The van der Waals surface area contributed by atoms with Crippen LogP contribution < -0.4 is 5.32 Å². The number of nitrogens with one attached hydrogen (secondary N) is 1. The zero-order chi connectivity index (χ0) is 34.7. The number of hydrogen-bond donors (Lipinski definition) is 3. The van der Waals surface area contributed by atoms with Gasteiger partial charge in [0.2, 0.25) is 5.91 Å². The van der Waals surface area contributed by atoms with Gasteiger partial charge in [-0.1, -0.05) is 141 Å². The first-order valence-corrected chi connectivity index (χ1v) is 20.3. The predicted octanol–water partition coefficient (Wildman–Crippen LogP) is 9.65. The first-order valence-electron chi connectivity index (χ1n) is 18.8. The highest BCUT2D eigenvalue weighted by Crippen LogP contribution is 2.42. The van der Waals surface area contributed by atoms with E-state index >= 15 is 0 Å². The van der Waals surface area contributed by atoms with Crippen LogP contribution in [0.2, 0.25) is 0 Å². The van der Waals surface area contributed by atoms with Crippen LogP contribution in [0.15, 0.2) is 24.3 Å². The molecule has 9 nitrogen and oxygen atoms in total. The van der Waals surface area contributed by atoms with Crippen LogP contribution in [0.3, 0.4) is 0 Å². The minimum Gasteiger partial charge on any atom is -0.463 e. The summed E-state index contributed by atoms with van der Waals surface area (Å²) < 4.78 is 26.7. The van der Waals surface area contributed by atoms with Gasteiger partial charge in [-0.3, -0.25) is 18.6 Å². The van der Waals surface area contributed by atoms with Gasteiger partial charge in [0.1, 0.15) is 12.7 Å². The number of hydrogen-bond acceptors (Lipinski definition) is 7. The summed E-state index contributed by atoms with van der Waals surface area (Å²) in [5.41, 5.74) is 0. The average molecular weight is 688 g/mol. The molecule has 0 rings (SSSR count). The van der Waals surface area contributed by atoms with Crippen molar-refractivity contribution in [3.05, 3.63) is 24.3 Å². The summed E-state index contributed by atoms with van der Waals surface area (Å²) in [6.07, 6.45) is 33.9. The molecule has 0 aliphatic rings. The second kappa shape index (κ2) is 34.4. The largest absolute Gasteiger partial charge is 0.472 e. The first-order chi connectivity index (χ1) is 22.8. The highest BCUT2D eigenvalue weighted by atomic mass is 31.2. The summed E-state index contributed by atoms with van der Waals surface area (Å²) >= 11 is 0. The van der Waals surface area contributed by atoms with E-state index in [1.165, 1.54) is 77.0 Å². The lowest BCUT2D eigenvalue weighted by molar-refractivity contribution is -0.147. The number of ether oxygens (including phenoxy) is 1. The van der Waals surface area contributed by atoms with Crippen molar-refractivity contribution < 1.29 is 37.9 Å². The van der Waals surface area contributed by atoms with E-state index in [0.717, 1.165) is 64.2 Å². The van der Waals surface area contributed by atoms with Gasteiger partial charge in [0.25, 0.3) is 0 Å². The molecule has 0 radical (unpaired) electrons. The van der Waals surface area contributed by atoms with E-state index in [9.17, 15) is 24.2 Å². The van der Waals surface area contributed by atoms with E-state index in [0.29, 0.717) is 6.42 Å². The minimum absolute atomic E-state index is 0.0756. The van der Waals surface area contributed by atoms with Crippen LogP contribution in [0.1, 0.15) is 168 Å². The fraction of sp³-hybridized carbons (Fsp3) is 0.838. The Morgan fingerprint density at radius 2 is 1.17 bits per heavy atom. The second-order valence-corrected chi connectivity index (χ2v) is 14.0. The van der Waals surface area contributed by atoms with Crippen LogP contribution in [0.4, 0.5) is 0 Å². The number of aliphatic hydroxyl groups is 1. The maximum absolute atomic E-state index is 12.0. The summed E-state index contributed by atoms with van der Waals surface area (Å²) in [6.45, 7) is 3.48. The van der Waals surface area contributed by atoms with Crippen LogP contribution in [0, 0.1) is 0 Å². The number of unbranched alkanes of at least 4 members (excludes halogenated alkanes) is 18. The third-order valence-electron chi connectivity index (χ3n) is 7.88. The number of carbonyl (C=O) groups excluding carboxylic acids is 2. The summed E-state index contributed by atoms with van der Waals surface area (Å²) in [6, 6.07) is 0. The molecule has 0 aromatic carbocycles. The number of phosphoric ester groups is 1. The molecule has 0 saturated heterocycles. The normalized spacial score (nSPS) is 13.7. The van der Waals surface area contributed by atoms with Gasteiger partial charge in [0.05, 0.1) is 13.2 Å². The predicted molar refractivity (Wildman–Crippen MR) is 192 cm³/mol. The van der Waals surface area contributed by atoms with Crippen molar-refractivity contribution in [2.45, 2.75) is 174 Å². The monoisotopic (exact) mass is 687 g/mol. The fourth-order valence-electron chi connectivity index (χ4n) is 4.98. The van der Waals surface area contributed by atoms with Crippen LogP contribution in [0.5, 0.6) is 0 Å². The maximum Gasteiger partial charge on any atom is 0.472 e. The van der Waals surface area contributed by atoms with Crippen LogP contribution in [-0.2, 0) is 27.9 Å². The molecule has 2 atom stereocenters. The Balaban J connectivity index is 3.64. The molecule has 0 fully saturated rings. The quantitative estimate of drug-likeness (QED) is 0.0260. The smallest absolute Gasteiger partial charge is 0.463 e. The van der Waals surface area contributed by atoms with E-state index in [1.54, 1.807) is 0 Å². The van der Waals surface area contributed by atoms with Crippen molar-refractivity contribution in [1.29, 1.82) is 0 Å². The Morgan fingerprint density at radius 3 is 1.77 bits per heavy atom. The SMILES string of the molecule is CCCC/C=C\C/C=C\CCCCCCCC(=O)NCCOP(=O)(O)OCC(O)COC(=O)CCCCCCCCCCCCCC. The lowest BCUT2D eigenvalue weighted by atomic mass is 10.0. The average Bonchev–Trinajstić information content (AvgIpc) is 3.05. The van der Waals surface area contributed by atoms with Crippen molar-refractivity contribution in [3.8, 4) is 0 Å². The molecular formula is C37H70NO8P. The van der Waals surface area contributed by atoms with Crippen LogP contribution in [-0.4, -0.2) is 54.3 Å². The van der Waals surface area contributed by atoms with Gasteiger partial charge in [-0.05, 0) is 38.5 Å².